The molecule has 29 heavy (non-hydrogen) atoms. The molecular formula is C22H19N3O3S. The molecule has 1 aromatic heterocycles. The smallest absolute Gasteiger partial charge is 0.257 e. The van der Waals surface area contributed by atoms with Gasteiger partial charge < -0.3 is 14.6 Å². The van der Waals surface area contributed by atoms with Gasteiger partial charge in [0.25, 0.3) is 5.91 Å². The van der Waals surface area contributed by atoms with Crippen LogP contribution in [0, 0.1) is 0 Å². The number of rotatable bonds is 5. The first-order valence-electron chi connectivity index (χ1n) is 9.20. The van der Waals surface area contributed by atoms with Crippen LogP contribution in [0.15, 0.2) is 83.5 Å². The summed E-state index contributed by atoms with van der Waals surface area (Å²) in [6.07, 6.45) is 1.62. The molecule has 2 aromatic carbocycles. The highest BCUT2D eigenvalue weighted by Crippen LogP contribution is 2.27. The van der Waals surface area contributed by atoms with Crippen LogP contribution in [-0.4, -0.2) is 27.9 Å². The second-order valence-electron chi connectivity index (χ2n) is 6.63. The monoisotopic (exact) mass is 405 g/mol. The zero-order chi connectivity index (χ0) is 20.2. The van der Waals surface area contributed by atoms with Crippen LogP contribution in [0.2, 0.25) is 0 Å². The zero-order valence-corrected chi connectivity index (χ0v) is 16.3. The molecule has 2 amide bonds. The van der Waals surface area contributed by atoms with Crippen molar-refractivity contribution in [1.29, 1.82) is 0 Å². The molecule has 1 atom stereocenters. The molecule has 1 aliphatic rings. The lowest BCUT2D eigenvalue weighted by atomic mass is 10.2. The minimum absolute atomic E-state index is 0.0467. The van der Waals surface area contributed by atoms with E-state index < -0.39 is 6.04 Å². The number of carbonyl (C=O) groups excluding carboxylic acids is 2. The molecule has 1 saturated heterocycles. The van der Waals surface area contributed by atoms with Crippen LogP contribution in [-0.2, 0) is 16.1 Å². The lowest BCUT2D eigenvalue weighted by Gasteiger charge is -2.29. The van der Waals surface area contributed by atoms with E-state index in [0.717, 1.165) is 5.69 Å². The van der Waals surface area contributed by atoms with Gasteiger partial charge in [-0.1, -0.05) is 36.4 Å². The highest BCUT2D eigenvalue weighted by Gasteiger charge is 2.43. The third-order valence-corrected chi connectivity index (χ3v) is 5.04. The van der Waals surface area contributed by atoms with Crippen LogP contribution in [0.4, 0.5) is 11.4 Å². The molecule has 1 aliphatic heterocycles. The number of thiocarbonyl (C=S) groups is 1. The molecule has 146 valence electrons. The van der Waals surface area contributed by atoms with Crippen molar-refractivity contribution in [2.24, 2.45) is 0 Å². The fourth-order valence-corrected chi connectivity index (χ4v) is 3.63. The van der Waals surface area contributed by atoms with E-state index in [9.17, 15) is 9.59 Å². The fourth-order valence-electron chi connectivity index (χ4n) is 3.32. The van der Waals surface area contributed by atoms with Gasteiger partial charge in [0.1, 0.15) is 11.8 Å². The summed E-state index contributed by atoms with van der Waals surface area (Å²) in [7, 11) is 0. The van der Waals surface area contributed by atoms with Crippen molar-refractivity contribution in [3.05, 3.63) is 84.8 Å². The first kappa shape index (κ1) is 18.9. The van der Waals surface area contributed by atoms with Crippen molar-refractivity contribution in [3.63, 3.8) is 0 Å². The minimum Gasteiger partial charge on any atom is -0.467 e. The number of nitrogens with zero attached hydrogens (tertiary/aromatic N) is 2. The predicted octanol–water partition coefficient (Wildman–Crippen LogP) is 3.81. The van der Waals surface area contributed by atoms with Crippen molar-refractivity contribution in [2.45, 2.75) is 19.0 Å². The molecule has 2 heterocycles. The molecule has 4 rings (SSSR count). The number of amides is 2. The number of imide groups is 1. The standard InChI is InChI=1S/C22H19N3O3S/c26-20-14-19(21(27)25(20)17-10-5-2-6-11-17)24(15-18-12-7-13-28-18)22(29)23-16-8-3-1-4-9-16/h1-13,19H,14-15H2,(H,23,29)/t19-/m1/s1. The van der Waals surface area contributed by atoms with Crippen LogP contribution in [0.1, 0.15) is 12.2 Å². The largest absolute Gasteiger partial charge is 0.467 e. The lowest BCUT2D eigenvalue weighted by Crippen LogP contribution is -2.46. The summed E-state index contributed by atoms with van der Waals surface area (Å²) in [4.78, 5) is 28.8. The van der Waals surface area contributed by atoms with E-state index in [2.05, 4.69) is 5.32 Å². The first-order chi connectivity index (χ1) is 14.1. The van der Waals surface area contributed by atoms with Gasteiger partial charge in [-0.15, -0.1) is 0 Å². The van der Waals surface area contributed by atoms with Crippen LogP contribution in [0.5, 0.6) is 0 Å². The summed E-state index contributed by atoms with van der Waals surface area (Å²) in [5.74, 6) is 0.101. The molecule has 0 unspecified atom stereocenters. The average molecular weight is 405 g/mol. The maximum atomic E-state index is 13.2. The molecule has 6 nitrogen and oxygen atoms in total. The van der Waals surface area contributed by atoms with Gasteiger partial charge in [-0.25, -0.2) is 4.90 Å². The SMILES string of the molecule is O=C1C[C@@H](N(Cc2ccco2)C(=S)Nc2ccccc2)C(=O)N1c1ccccc1. The van der Waals surface area contributed by atoms with Gasteiger partial charge in [-0.2, -0.15) is 0 Å². The third-order valence-electron chi connectivity index (χ3n) is 4.71. The number of furan rings is 1. The van der Waals surface area contributed by atoms with Gasteiger partial charge in [-0.3, -0.25) is 9.59 Å². The molecule has 1 N–H and O–H groups in total. The summed E-state index contributed by atoms with van der Waals surface area (Å²) in [6, 6.07) is 21.3. The maximum absolute atomic E-state index is 13.2. The molecule has 0 spiro atoms. The van der Waals surface area contributed by atoms with E-state index >= 15 is 0 Å². The number of benzene rings is 2. The number of hydrogen-bond donors (Lipinski definition) is 1. The van der Waals surface area contributed by atoms with Crippen LogP contribution in [0.25, 0.3) is 0 Å². The topological polar surface area (TPSA) is 65.8 Å². The zero-order valence-electron chi connectivity index (χ0n) is 15.5. The summed E-state index contributed by atoms with van der Waals surface area (Å²) in [5.41, 5.74) is 1.36. The Labute approximate surface area is 173 Å². The van der Waals surface area contributed by atoms with Crippen molar-refractivity contribution in [1.82, 2.24) is 4.90 Å². The Morgan fingerprint density at radius 2 is 1.72 bits per heavy atom. The van der Waals surface area contributed by atoms with Gasteiger partial charge in [0.15, 0.2) is 5.11 Å². The molecule has 0 aliphatic carbocycles. The minimum atomic E-state index is -0.712. The molecule has 7 heteroatoms. The molecule has 3 aromatic rings. The third kappa shape index (κ3) is 4.05. The van der Waals surface area contributed by atoms with Crippen LogP contribution in [0.3, 0.4) is 0 Å². The maximum Gasteiger partial charge on any atom is 0.257 e. The number of para-hydroxylation sites is 2. The van der Waals surface area contributed by atoms with E-state index in [1.807, 2.05) is 42.5 Å². The van der Waals surface area contributed by atoms with Gasteiger partial charge in [-0.05, 0) is 48.6 Å². The van der Waals surface area contributed by atoms with Gasteiger partial charge >= 0.3 is 0 Å². The quantitative estimate of drug-likeness (QED) is 0.514. The van der Waals surface area contributed by atoms with E-state index in [1.54, 1.807) is 41.5 Å². The van der Waals surface area contributed by atoms with Gasteiger partial charge in [0, 0.05) is 5.69 Å². The fraction of sp³-hybridized carbons (Fsp3) is 0.136. The number of anilines is 2. The highest BCUT2D eigenvalue weighted by molar-refractivity contribution is 7.80. The summed E-state index contributed by atoms with van der Waals surface area (Å²) in [6.45, 7) is 0.276. The van der Waals surface area contributed by atoms with Crippen molar-refractivity contribution in [2.75, 3.05) is 10.2 Å². The lowest BCUT2D eigenvalue weighted by molar-refractivity contribution is -0.122. The van der Waals surface area contributed by atoms with Crippen molar-refractivity contribution >= 4 is 40.5 Å². The summed E-state index contributed by atoms with van der Waals surface area (Å²) >= 11 is 5.61. The Morgan fingerprint density at radius 3 is 2.38 bits per heavy atom. The Kier molecular flexibility index (Phi) is 5.39. The number of carbonyl (C=O) groups is 2. The summed E-state index contributed by atoms with van der Waals surface area (Å²) < 4.78 is 5.46. The van der Waals surface area contributed by atoms with Gasteiger partial charge in [0.2, 0.25) is 5.91 Å². The highest BCUT2D eigenvalue weighted by atomic mass is 32.1. The number of hydrogen-bond acceptors (Lipinski definition) is 4. The number of nitrogens with one attached hydrogen (secondary N) is 1. The molecule has 1 fully saturated rings. The normalized spacial score (nSPS) is 16.1. The predicted molar refractivity (Wildman–Crippen MR) is 114 cm³/mol. The van der Waals surface area contributed by atoms with Crippen LogP contribution < -0.4 is 10.2 Å². The van der Waals surface area contributed by atoms with E-state index in [1.165, 1.54) is 4.90 Å². The second kappa shape index (κ2) is 8.28. The van der Waals surface area contributed by atoms with Crippen LogP contribution >= 0.6 is 12.2 Å². The Bertz CT molecular complexity index is 1010. The second-order valence-corrected chi connectivity index (χ2v) is 7.01. The van der Waals surface area contributed by atoms with Crippen molar-refractivity contribution < 1.29 is 14.0 Å². The Hall–Kier alpha value is -3.45. The summed E-state index contributed by atoms with van der Waals surface area (Å²) in [5, 5.41) is 3.51. The Morgan fingerprint density at radius 1 is 1.03 bits per heavy atom. The average Bonchev–Trinajstić information content (AvgIpc) is 3.35. The van der Waals surface area contributed by atoms with E-state index in [-0.39, 0.29) is 24.8 Å². The van der Waals surface area contributed by atoms with E-state index in [4.69, 9.17) is 16.6 Å². The first-order valence-corrected chi connectivity index (χ1v) is 9.61. The molecule has 0 radical (unpaired) electrons. The molecule has 0 bridgehead atoms. The molecule has 0 saturated carbocycles. The van der Waals surface area contributed by atoms with E-state index in [0.29, 0.717) is 16.6 Å². The van der Waals surface area contributed by atoms with Crippen molar-refractivity contribution in [3.8, 4) is 0 Å². The Balaban J connectivity index is 1.61. The molecular weight excluding hydrogens is 386 g/mol. The van der Waals surface area contributed by atoms with Gasteiger partial charge in [0.05, 0.1) is 24.9 Å².